The van der Waals surface area contributed by atoms with Gasteiger partial charge in [0.1, 0.15) is 0 Å². The fourth-order valence-corrected chi connectivity index (χ4v) is 0.480. The predicted molar refractivity (Wildman–Crippen MR) is 30.7 cm³/mol. The summed E-state index contributed by atoms with van der Waals surface area (Å²) in [6.45, 7) is -0.186. The summed E-state index contributed by atoms with van der Waals surface area (Å²) in [7, 11) is 1.41. The van der Waals surface area contributed by atoms with E-state index in [4.69, 9.17) is 15.3 Å². The van der Waals surface area contributed by atoms with Gasteiger partial charge in [0.05, 0.1) is 12.7 Å². The Bertz CT molecular complexity index is 60.0. The second kappa shape index (κ2) is 4.69. The molecule has 4 heteroatoms. The van der Waals surface area contributed by atoms with Crippen LogP contribution in [0.3, 0.4) is 0 Å². The Morgan fingerprint density at radius 1 is 1.44 bits per heavy atom. The molecular formula is C5H12O4. The monoisotopic (exact) mass is 136 g/mol. The minimum absolute atomic E-state index is 0.0486. The van der Waals surface area contributed by atoms with E-state index >= 15 is 0 Å². The minimum atomic E-state index is -1.40. The van der Waals surface area contributed by atoms with Crippen LogP contribution in [-0.4, -0.2) is 41.4 Å². The maximum absolute atomic E-state index is 8.43. The highest BCUT2D eigenvalue weighted by Crippen LogP contribution is 1.97. The van der Waals surface area contributed by atoms with Gasteiger partial charge in [-0.2, -0.15) is 0 Å². The van der Waals surface area contributed by atoms with Crippen molar-refractivity contribution in [2.45, 2.75) is 18.8 Å². The van der Waals surface area contributed by atoms with Crippen LogP contribution in [0.15, 0.2) is 0 Å². The summed E-state index contributed by atoms with van der Waals surface area (Å²) in [6.07, 6.45) is -1.82. The van der Waals surface area contributed by atoms with Gasteiger partial charge in [0.25, 0.3) is 0 Å². The van der Waals surface area contributed by atoms with Crippen molar-refractivity contribution in [2.24, 2.45) is 0 Å². The first-order valence-electron chi connectivity index (χ1n) is 2.70. The number of methoxy groups -OCH3 is 1. The summed E-state index contributed by atoms with van der Waals surface area (Å²) in [5.74, 6) is 0. The van der Waals surface area contributed by atoms with E-state index < -0.39 is 12.4 Å². The van der Waals surface area contributed by atoms with Crippen LogP contribution in [-0.2, 0) is 4.74 Å². The quantitative estimate of drug-likeness (QED) is 0.420. The van der Waals surface area contributed by atoms with Crippen molar-refractivity contribution in [1.82, 2.24) is 0 Å². The highest BCUT2D eigenvalue weighted by molar-refractivity contribution is 4.54. The normalized spacial score (nSPS) is 14.3. The lowest BCUT2D eigenvalue weighted by atomic mass is 10.2. The topological polar surface area (TPSA) is 69.9 Å². The molecular weight excluding hydrogens is 124 g/mol. The maximum Gasteiger partial charge on any atom is 0.154 e. The third-order valence-electron chi connectivity index (χ3n) is 1.01. The van der Waals surface area contributed by atoms with E-state index in [0.29, 0.717) is 0 Å². The van der Waals surface area contributed by atoms with Crippen molar-refractivity contribution in [2.75, 3.05) is 13.7 Å². The second-order valence-electron chi connectivity index (χ2n) is 1.76. The standard InChI is InChI=1S/C5H12O4/c1-9-4(3-6)2-5(7)8/h4-8H,2-3H2,1H3. The molecule has 1 atom stereocenters. The number of aliphatic hydroxyl groups excluding tert-OH is 2. The minimum Gasteiger partial charge on any atom is -0.394 e. The van der Waals surface area contributed by atoms with Gasteiger partial charge in [0, 0.05) is 13.5 Å². The van der Waals surface area contributed by atoms with E-state index in [-0.39, 0.29) is 13.0 Å². The lowest BCUT2D eigenvalue weighted by Gasteiger charge is -2.12. The van der Waals surface area contributed by atoms with Crippen molar-refractivity contribution in [3.63, 3.8) is 0 Å². The van der Waals surface area contributed by atoms with Crippen molar-refractivity contribution >= 4 is 0 Å². The van der Waals surface area contributed by atoms with E-state index in [1.54, 1.807) is 0 Å². The summed E-state index contributed by atoms with van der Waals surface area (Å²) in [5, 5.41) is 25.1. The summed E-state index contributed by atoms with van der Waals surface area (Å²) < 4.78 is 4.64. The van der Waals surface area contributed by atoms with Crippen LogP contribution >= 0.6 is 0 Å². The number of ether oxygens (including phenoxy) is 1. The molecule has 4 nitrogen and oxygen atoms in total. The predicted octanol–water partition coefficient (Wildman–Crippen LogP) is -1.31. The van der Waals surface area contributed by atoms with Gasteiger partial charge in [-0.3, -0.25) is 0 Å². The van der Waals surface area contributed by atoms with Crippen LogP contribution in [0.4, 0.5) is 0 Å². The van der Waals surface area contributed by atoms with E-state index in [1.807, 2.05) is 0 Å². The van der Waals surface area contributed by atoms with Crippen LogP contribution in [0, 0.1) is 0 Å². The molecule has 0 aliphatic heterocycles. The Labute approximate surface area is 53.7 Å². The maximum atomic E-state index is 8.43. The fourth-order valence-electron chi connectivity index (χ4n) is 0.480. The third-order valence-corrected chi connectivity index (χ3v) is 1.01. The molecule has 0 rings (SSSR count). The van der Waals surface area contributed by atoms with Crippen molar-refractivity contribution < 1.29 is 20.1 Å². The van der Waals surface area contributed by atoms with Crippen LogP contribution in [0.2, 0.25) is 0 Å². The lowest BCUT2D eigenvalue weighted by molar-refractivity contribution is -0.0853. The zero-order valence-electron chi connectivity index (χ0n) is 5.32. The molecule has 0 saturated carbocycles. The molecule has 0 radical (unpaired) electrons. The fraction of sp³-hybridized carbons (Fsp3) is 1.00. The first-order valence-corrected chi connectivity index (χ1v) is 2.70. The number of hydrogen-bond acceptors (Lipinski definition) is 4. The Morgan fingerprint density at radius 2 is 2.00 bits per heavy atom. The van der Waals surface area contributed by atoms with Gasteiger partial charge in [0.2, 0.25) is 0 Å². The molecule has 0 spiro atoms. The van der Waals surface area contributed by atoms with E-state index in [2.05, 4.69) is 4.74 Å². The summed E-state index contributed by atoms with van der Waals surface area (Å²) >= 11 is 0. The summed E-state index contributed by atoms with van der Waals surface area (Å²) in [6, 6.07) is 0. The van der Waals surface area contributed by atoms with E-state index in [1.165, 1.54) is 7.11 Å². The van der Waals surface area contributed by atoms with E-state index in [0.717, 1.165) is 0 Å². The Morgan fingerprint density at radius 3 is 2.11 bits per heavy atom. The highest BCUT2D eigenvalue weighted by atomic mass is 16.5. The molecule has 0 heterocycles. The first-order chi connectivity index (χ1) is 4.20. The van der Waals surface area contributed by atoms with Gasteiger partial charge in [-0.1, -0.05) is 0 Å². The molecule has 0 aliphatic carbocycles. The summed E-state index contributed by atoms with van der Waals surface area (Å²) in [4.78, 5) is 0. The molecule has 56 valence electrons. The zero-order chi connectivity index (χ0) is 7.28. The molecule has 0 amide bonds. The van der Waals surface area contributed by atoms with Gasteiger partial charge in [0.15, 0.2) is 6.29 Å². The molecule has 0 bridgehead atoms. The molecule has 0 aromatic carbocycles. The van der Waals surface area contributed by atoms with Crippen LogP contribution in [0.5, 0.6) is 0 Å². The first kappa shape index (κ1) is 8.84. The van der Waals surface area contributed by atoms with Gasteiger partial charge in [-0.05, 0) is 0 Å². The van der Waals surface area contributed by atoms with Crippen LogP contribution in [0.1, 0.15) is 6.42 Å². The average Bonchev–Trinajstić information content (AvgIpc) is 1.82. The Balaban J connectivity index is 3.31. The number of aliphatic hydroxyl groups is 3. The average molecular weight is 136 g/mol. The third kappa shape index (κ3) is 4.35. The molecule has 0 aromatic heterocycles. The smallest absolute Gasteiger partial charge is 0.154 e. The van der Waals surface area contributed by atoms with Crippen LogP contribution in [0.25, 0.3) is 0 Å². The summed E-state index contributed by atoms with van der Waals surface area (Å²) in [5.41, 5.74) is 0. The van der Waals surface area contributed by atoms with Crippen LogP contribution < -0.4 is 0 Å². The lowest BCUT2D eigenvalue weighted by Crippen LogP contribution is -2.22. The number of rotatable bonds is 4. The highest BCUT2D eigenvalue weighted by Gasteiger charge is 2.09. The largest absolute Gasteiger partial charge is 0.394 e. The molecule has 1 unspecified atom stereocenters. The molecule has 3 N–H and O–H groups in total. The van der Waals surface area contributed by atoms with Crippen molar-refractivity contribution in [3.05, 3.63) is 0 Å². The van der Waals surface area contributed by atoms with Crippen molar-refractivity contribution in [3.8, 4) is 0 Å². The van der Waals surface area contributed by atoms with Crippen molar-refractivity contribution in [1.29, 1.82) is 0 Å². The van der Waals surface area contributed by atoms with Gasteiger partial charge in [-0.25, -0.2) is 0 Å². The molecule has 0 aromatic rings. The SMILES string of the molecule is COC(CO)CC(O)O. The molecule has 0 aliphatic rings. The van der Waals surface area contributed by atoms with Gasteiger partial charge in [-0.15, -0.1) is 0 Å². The molecule has 0 fully saturated rings. The zero-order valence-corrected chi connectivity index (χ0v) is 5.32. The van der Waals surface area contributed by atoms with Gasteiger partial charge >= 0.3 is 0 Å². The number of hydrogen-bond donors (Lipinski definition) is 3. The van der Waals surface area contributed by atoms with E-state index in [9.17, 15) is 0 Å². The Hall–Kier alpha value is -0.160. The molecule has 0 saturated heterocycles. The van der Waals surface area contributed by atoms with Gasteiger partial charge < -0.3 is 20.1 Å². The Kier molecular flexibility index (Phi) is 4.61. The second-order valence-corrected chi connectivity index (χ2v) is 1.76. The molecule has 9 heavy (non-hydrogen) atoms.